The molecule has 0 saturated heterocycles. The van der Waals surface area contributed by atoms with Gasteiger partial charge in [-0.1, -0.05) is 30.3 Å². The van der Waals surface area contributed by atoms with Crippen LogP contribution in [0.25, 0.3) is 10.8 Å². The number of hydrogen-bond donors (Lipinski definition) is 1. The van der Waals surface area contributed by atoms with Gasteiger partial charge in [-0.2, -0.15) is 0 Å². The number of carbonyl (C=O) groups excluding carboxylic acids is 1. The van der Waals surface area contributed by atoms with Crippen molar-refractivity contribution in [3.63, 3.8) is 0 Å². The van der Waals surface area contributed by atoms with E-state index < -0.39 is 0 Å². The number of primary amides is 1. The van der Waals surface area contributed by atoms with Crippen LogP contribution in [0.4, 0.5) is 0 Å². The second-order valence-corrected chi connectivity index (χ2v) is 4.56. The molecule has 0 aromatic heterocycles. The number of benzene rings is 2. The lowest BCUT2D eigenvalue weighted by Crippen LogP contribution is -2.33. The molecule has 1 amide bonds. The molecule has 100 valence electrons. The third-order valence-corrected chi connectivity index (χ3v) is 2.89. The van der Waals surface area contributed by atoms with Crippen LogP contribution >= 0.6 is 0 Å². The number of fused-ring (bicyclic) bond motifs is 1. The monoisotopic (exact) mass is 258 g/mol. The standard InChI is InChI=1S/C15H18N2O2/c1-17(11-15(16)18)8-9-19-14-7-6-12-4-2-3-5-13(12)10-14/h2-7,10H,8-9,11H2,1H3,(H2,16,18). The lowest BCUT2D eigenvalue weighted by Gasteiger charge is -2.15. The highest BCUT2D eigenvalue weighted by Gasteiger charge is 2.03. The highest BCUT2D eigenvalue weighted by molar-refractivity contribution is 5.83. The summed E-state index contributed by atoms with van der Waals surface area (Å²) in [5, 5.41) is 2.35. The zero-order chi connectivity index (χ0) is 13.7. The van der Waals surface area contributed by atoms with Crippen LogP contribution in [0.3, 0.4) is 0 Å². The molecule has 0 atom stereocenters. The molecule has 2 aromatic carbocycles. The van der Waals surface area contributed by atoms with Crippen LogP contribution in [0.2, 0.25) is 0 Å². The predicted octanol–water partition coefficient (Wildman–Crippen LogP) is 1.64. The van der Waals surface area contributed by atoms with Crippen LogP contribution < -0.4 is 10.5 Å². The Labute approximate surface area is 112 Å². The van der Waals surface area contributed by atoms with Gasteiger partial charge in [0.1, 0.15) is 12.4 Å². The van der Waals surface area contributed by atoms with Crippen molar-refractivity contribution in [3.05, 3.63) is 42.5 Å². The molecule has 0 aliphatic carbocycles. The Morgan fingerprint density at radius 3 is 2.68 bits per heavy atom. The molecule has 2 rings (SSSR count). The number of amides is 1. The molecule has 19 heavy (non-hydrogen) atoms. The maximum Gasteiger partial charge on any atom is 0.231 e. The van der Waals surface area contributed by atoms with Gasteiger partial charge in [0.15, 0.2) is 0 Å². The first kappa shape index (κ1) is 13.4. The van der Waals surface area contributed by atoms with Gasteiger partial charge in [0.05, 0.1) is 6.54 Å². The number of carbonyl (C=O) groups is 1. The molecule has 0 spiro atoms. The van der Waals surface area contributed by atoms with E-state index in [0.717, 1.165) is 11.1 Å². The van der Waals surface area contributed by atoms with E-state index >= 15 is 0 Å². The first-order valence-corrected chi connectivity index (χ1v) is 6.23. The molecule has 2 N–H and O–H groups in total. The molecule has 0 unspecified atom stereocenters. The molecule has 0 saturated carbocycles. The van der Waals surface area contributed by atoms with Gasteiger partial charge in [0.2, 0.25) is 5.91 Å². The summed E-state index contributed by atoms with van der Waals surface area (Å²) in [6.45, 7) is 1.44. The fourth-order valence-electron chi connectivity index (χ4n) is 1.92. The van der Waals surface area contributed by atoms with Crippen LogP contribution in [0.5, 0.6) is 5.75 Å². The Bertz CT molecular complexity index is 569. The summed E-state index contributed by atoms with van der Waals surface area (Å²) in [5.41, 5.74) is 5.12. The zero-order valence-corrected chi connectivity index (χ0v) is 11.0. The zero-order valence-electron chi connectivity index (χ0n) is 11.0. The van der Waals surface area contributed by atoms with Crippen molar-refractivity contribution < 1.29 is 9.53 Å². The minimum atomic E-state index is -0.326. The average molecular weight is 258 g/mol. The van der Waals surface area contributed by atoms with Gasteiger partial charge in [0.25, 0.3) is 0 Å². The van der Waals surface area contributed by atoms with Gasteiger partial charge in [-0.25, -0.2) is 0 Å². The third kappa shape index (κ3) is 3.96. The van der Waals surface area contributed by atoms with E-state index in [1.807, 2.05) is 42.3 Å². The smallest absolute Gasteiger partial charge is 0.231 e. The van der Waals surface area contributed by atoms with Gasteiger partial charge in [0, 0.05) is 6.54 Å². The molecule has 2 aromatic rings. The first-order chi connectivity index (χ1) is 9.15. The van der Waals surface area contributed by atoms with Gasteiger partial charge in [-0.3, -0.25) is 9.69 Å². The molecule has 4 nitrogen and oxygen atoms in total. The summed E-state index contributed by atoms with van der Waals surface area (Å²) < 4.78 is 5.67. The highest BCUT2D eigenvalue weighted by atomic mass is 16.5. The normalized spacial score (nSPS) is 10.8. The minimum absolute atomic E-state index is 0.251. The maximum atomic E-state index is 10.7. The molecule has 0 radical (unpaired) electrons. The summed E-state index contributed by atoms with van der Waals surface area (Å²) in [6, 6.07) is 14.2. The van der Waals surface area contributed by atoms with E-state index in [1.165, 1.54) is 5.39 Å². The molecular formula is C15H18N2O2. The number of nitrogens with two attached hydrogens (primary N) is 1. The Hall–Kier alpha value is -2.07. The lowest BCUT2D eigenvalue weighted by molar-refractivity contribution is -0.118. The predicted molar refractivity (Wildman–Crippen MR) is 76.1 cm³/mol. The Balaban J connectivity index is 1.89. The molecule has 0 fully saturated rings. The van der Waals surface area contributed by atoms with Crippen molar-refractivity contribution in [2.24, 2.45) is 5.73 Å². The Kier molecular flexibility index (Phi) is 4.36. The average Bonchev–Trinajstić information content (AvgIpc) is 2.37. The largest absolute Gasteiger partial charge is 0.492 e. The van der Waals surface area contributed by atoms with E-state index in [0.29, 0.717) is 13.2 Å². The van der Waals surface area contributed by atoms with Crippen molar-refractivity contribution in [2.45, 2.75) is 0 Å². The summed E-state index contributed by atoms with van der Waals surface area (Å²) >= 11 is 0. The van der Waals surface area contributed by atoms with Crippen molar-refractivity contribution in [2.75, 3.05) is 26.7 Å². The summed E-state index contributed by atoms with van der Waals surface area (Å²) in [7, 11) is 1.84. The van der Waals surface area contributed by atoms with Gasteiger partial charge in [-0.15, -0.1) is 0 Å². The van der Waals surface area contributed by atoms with E-state index in [2.05, 4.69) is 12.1 Å². The number of nitrogens with zero attached hydrogens (tertiary/aromatic N) is 1. The van der Waals surface area contributed by atoms with E-state index in [9.17, 15) is 4.79 Å². The second-order valence-electron chi connectivity index (χ2n) is 4.56. The molecule has 0 aliphatic rings. The van der Waals surface area contributed by atoms with Crippen molar-refractivity contribution in [1.29, 1.82) is 0 Å². The molecule has 0 aliphatic heterocycles. The van der Waals surface area contributed by atoms with Gasteiger partial charge >= 0.3 is 0 Å². The molecule has 0 bridgehead atoms. The maximum absolute atomic E-state index is 10.7. The first-order valence-electron chi connectivity index (χ1n) is 6.23. The van der Waals surface area contributed by atoms with Crippen LogP contribution in [0.1, 0.15) is 0 Å². The minimum Gasteiger partial charge on any atom is -0.492 e. The van der Waals surface area contributed by atoms with Crippen molar-refractivity contribution in [1.82, 2.24) is 4.90 Å². The Morgan fingerprint density at radius 2 is 1.95 bits per heavy atom. The highest BCUT2D eigenvalue weighted by Crippen LogP contribution is 2.20. The lowest BCUT2D eigenvalue weighted by atomic mass is 10.1. The van der Waals surface area contributed by atoms with Crippen LogP contribution in [-0.2, 0) is 4.79 Å². The SMILES string of the molecule is CN(CCOc1ccc2ccccc2c1)CC(N)=O. The summed E-state index contributed by atoms with van der Waals surface area (Å²) in [6.07, 6.45) is 0. The van der Waals surface area contributed by atoms with Gasteiger partial charge in [-0.05, 0) is 30.0 Å². The quantitative estimate of drug-likeness (QED) is 0.857. The molecular weight excluding hydrogens is 240 g/mol. The second kappa shape index (κ2) is 6.20. The van der Waals surface area contributed by atoms with E-state index in [4.69, 9.17) is 10.5 Å². The van der Waals surface area contributed by atoms with Crippen LogP contribution in [-0.4, -0.2) is 37.6 Å². The van der Waals surface area contributed by atoms with E-state index in [-0.39, 0.29) is 12.5 Å². The third-order valence-electron chi connectivity index (χ3n) is 2.89. The van der Waals surface area contributed by atoms with Crippen LogP contribution in [0.15, 0.2) is 42.5 Å². The number of ether oxygens (including phenoxy) is 1. The number of hydrogen-bond acceptors (Lipinski definition) is 3. The van der Waals surface area contributed by atoms with Crippen molar-refractivity contribution in [3.8, 4) is 5.75 Å². The van der Waals surface area contributed by atoms with Gasteiger partial charge < -0.3 is 10.5 Å². The number of rotatable bonds is 6. The summed E-state index contributed by atoms with van der Waals surface area (Å²) in [5.74, 6) is 0.513. The fraction of sp³-hybridized carbons (Fsp3) is 0.267. The summed E-state index contributed by atoms with van der Waals surface area (Å²) in [4.78, 5) is 12.6. The molecule has 4 heteroatoms. The Morgan fingerprint density at radius 1 is 1.21 bits per heavy atom. The fourth-order valence-corrected chi connectivity index (χ4v) is 1.92. The van der Waals surface area contributed by atoms with Crippen molar-refractivity contribution >= 4 is 16.7 Å². The van der Waals surface area contributed by atoms with E-state index in [1.54, 1.807) is 0 Å². The topological polar surface area (TPSA) is 55.6 Å². The number of likely N-dealkylation sites (N-methyl/N-ethyl adjacent to an activating group) is 1. The van der Waals surface area contributed by atoms with Crippen LogP contribution in [0, 0.1) is 0 Å². The molecule has 0 heterocycles.